The maximum Gasteiger partial charge on any atom is 0.303 e. The van der Waals surface area contributed by atoms with Crippen LogP contribution in [0.4, 0.5) is 0 Å². The molecular formula is C23H32Cl6O3. The lowest BCUT2D eigenvalue weighted by Gasteiger charge is -2.37. The Morgan fingerprint density at radius 2 is 1.03 bits per heavy atom. The molecule has 0 saturated heterocycles. The van der Waals surface area contributed by atoms with Crippen molar-refractivity contribution < 1.29 is 15.0 Å². The van der Waals surface area contributed by atoms with Crippen LogP contribution in [0.5, 0.6) is 5.75 Å². The summed E-state index contributed by atoms with van der Waals surface area (Å²) in [6.07, 6.45) is 0.597. The fourth-order valence-corrected chi connectivity index (χ4v) is 5.61. The normalized spacial score (nSPS) is 28.6. The number of carboxylic acid groups (broad SMARTS) is 1. The van der Waals surface area contributed by atoms with Gasteiger partial charge in [-0.25, -0.2) is 0 Å². The molecule has 184 valence electrons. The molecule has 1 aliphatic rings. The Morgan fingerprint density at radius 3 is 1.25 bits per heavy atom. The van der Waals surface area contributed by atoms with E-state index in [-0.39, 0.29) is 17.3 Å². The number of aromatic hydroxyl groups is 1. The van der Waals surface area contributed by atoms with Crippen molar-refractivity contribution >= 4 is 75.6 Å². The number of carboxylic acids is 1. The van der Waals surface area contributed by atoms with E-state index in [1.54, 1.807) is 0 Å². The molecule has 1 aliphatic carbocycles. The first-order chi connectivity index (χ1) is 14.4. The molecule has 0 aromatic heterocycles. The average molecular weight is 569 g/mol. The van der Waals surface area contributed by atoms with E-state index >= 15 is 0 Å². The Balaban J connectivity index is 0.000000363. The van der Waals surface area contributed by atoms with Gasteiger partial charge in [-0.3, -0.25) is 4.79 Å². The zero-order valence-corrected chi connectivity index (χ0v) is 23.6. The molecule has 1 aromatic carbocycles. The van der Waals surface area contributed by atoms with Crippen molar-refractivity contribution in [1.29, 1.82) is 0 Å². The molecular weight excluding hydrogens is 537 g/mol. The highest BCUT2D eigenvalue weighted by atomic mass is 35.5. The van der Waals surface area contributed by atoms with Crippen LogP contribution in [0, 0.1) is 0 Å². The summed E-state index contributed by atoms with van der Waals surface area (Å²) >= 11 is 35.3. The molecule has 3 nitrogen and oxygen atoms in total. The highest BCUT2D eigenvalue weighted by molar-refractivity contribution is 6.45. The second-order valence-electron chi connectivity index (χ2n) is 10.1. The second-order valence-corrected chi connectivity index (χ2v) is 13.1. The first-order valence-electron chi connectivity index (χ1n) is 10.3. The average Bonchev–Trinajstić information content (AvgIpc) is 2.67. The molecule has 0 atom stereocenters. The quantitative estimate of drug-likeness (QED) is 0.368. The van der Waals surface area contributed by atoms with Crippen molar-refractivity contribution in [2.24, 2.45) is 0 Å². The fraction of sp³-hybridized carbons (Fsp3) is 0.696. The van der Waals surface area contributed by atoms with Crippen LogP contribution >= 0.6 is 69.6 Å². The Bertz CT molecular complexity index is 693. The lowest BCUT2D eigenvalue weighted by Crippen LogP contribution is -2.52. The van der Waals surface area contributed by atoms with E-state index in [1.165, 1.54) is 0 Å². The van der Waals surface area contributed by atoms with Gasteiger partial charge in [0.15, 0.2) is 0 Å². The van der Waals surface area contributed by atoms with Crippen LogP contribution in [0.2, 0.25) is 0 Å². The van der Waals surface area contributed by atoms with E-state index in [2.05, 4.69) is 41.5 Å². The molecule has 1 aromatic rings. The summed E-state index contributed by atoms with van der Waals surface area (Å²) in [6.45, 7) is 12.3. The molecule has 0 unspecified atom stereocenters. The highest BCUT2D eigenvalue weighted by Gasteiger charge is 2.46. The summed E-state index contributed by atoms with van der Waals surface area (Å²) < 4.78 is 0. The lowest BCUT2D eigenvalue weighted by molar-refractivity contribution is -0.136. The van der Waals surface area contributed by atoms with E-state index < -0.39 is 38.2 Å². The smallest absolute Gasteiger partial charge is 0.303 e. The van der Waals surface area contributed by atoms with Crippen molar-refractivity contribution in [3.05, 3.63) is 28.8 Å². The summed E-state index contributed by atoms with van der Waals surface area (Å²) in [7, 11) is 0. The summed E-state index contributed by atoms with van der Waals surface area (Å²) in [5.41, 5.74) is 2.38. The number of phenols is 1. The van der Waals surface area contributed by atoms with Gasteiger partial charge in [-0.15, -0.1) is 69.6 Å². The van der Waals surface area contributed by atoms with Crippen molar-refractivity contribution in [2.75, 3.05) is 0 Å². The summed E-state index contributed by atoms with van der Waals surface area (Å²) in [6, 6.07) is 3.88. The molecule has 0 bridgehead atoms. The number of benzene rings is 1. The van der Waals surface area contributed by atoms with Crippen LogP contribution in [0.25, 0.3) is 0 Å². The summed E-state index contributed by atoms with van der Waals surface area (Å²) in [5, 5.41) is 16.8. The van der Waals surface area contributed by atoms with Gasteiger partial charge < -0.3 is 10.2 Å². The largest absolute Gasteiger partial charge is 0.507 e. The molecule has 0 radical (unpaired) electrons. The Labute approximate surface area is 221 Å². The predicted octanol–water partition coefficient (Wildman–Crippen LogP) is 7.65. The molecule has 1 fully saturated rings. The molecule has 2 N–H and O–H groups in total. The maximum atomic E-state index is 10.8. The van der Waals surface area contributed by atoms with E-state index in [1.807, 2.05) is 12.1 Å². The number of phenolic OH excluding ortho intramolecular Hbond substituents is 1. The minimum absolute atomic E-state index is 0.109. The topological polar surface area (TPSA) is 57.5 Å². The van der Waals surface area contributed by atoms with Gasteiger partial charge in [-0.05, 0) is 33.9 Å². The van der Waals surface area contributed by atoms with Crippen molar-refractivity contribution in [3.8, 4) is 5.75 Å². The highest BCUT2D eigenvalue weighted by Crippen LogP contribution is 2.41. The zero-order valence-electron chi connectivity index (χ0n) is 19.1. The fourth-order valence-electron chi connectivity index (χ4n) is 3.29. The monoisotopic (exact) mass is 566 g/mol. The summed E-state index contributed by atoms with van der Waals surface area (Å²) in [5.74, 6) is -0.461. The Morgan fingerprint density at radius 1 is 0.750 bits per heavy atom. The number of rotatable bonds is 3. The predicted molar refractivity (Wildman–Crippen MR) is 139 cm³/mol. The molecule has 1 saturated carbocycles. The van der Waals surface area contributed by atoms with Crippen LogP contribution in [0.15, 0.2) is 12.1 Å². The van der Waals surface area contributed by atoms with Crippen molar-refractivity contribution in [1.82, 2.24) is 0 Å². The lowest BCUT2D eigenvalue weighted by atomic mass is 9.78. The van der Waals surface area contributed by atoms with Crippen molar-refractivity contribution in [3.63, 3.8) is 0 Å². The molecule has 32 heavy (non-hydrogen) atoms. The number of aliphatic carboxylic acids is 1. The number of aryl methyl sites for hydroxylation is 1. The molecule has 9 heteroatoms. The van der Waals surface area contributed by atoms with Crippen LogP contribution in [-0.4, -0.2) is 48.4 Å². The Kier molecular flexibility index (Phi) is 11.1. The minimum atomic E-state index is -0.798. The van der Waals surface area contributed by atoms with Crippen molar-refractivity contribution in [2.45, 2.75) is 97.5 Å². The standard InChI is InChI=1S/C17H26O3.C6H6Cl6/c1-16(2,3)12-9-11(7-8-14(18)19)10-13(15(12)20)17(4,5)6;7-1-2(8)4(10)6(12)5(11)3(1)9/h9-10,20H,7-8H2,1-6H3,(H,18,19);1-6H. The number of halogens is 6. The van der Waals surface area contributed by atoms with E-state index in [4.69, 9.17) is 74.7 Å². The van der Waals surface area contributed by atoms with Crippen LogP contribution in [0.3, 0.4) is 0 Å². The maximum absolute atomic E-state index is 10.8. The third kappa shape index (κ3) is 7.89. The second kappa shape index (κ2) is 11.8. The van der Waals surface area contributed by atoms with Gasteiger partial charge in [-0.1, -0.05) is 53.7 Å². The van der Waals surface area contributed by atoms with E-state index in [9.17, 15) is 9.90 Å². The summed E-state index contributed by atoms with van der Waals surface area (Å²) in [4.78, 5) is 10.8. The minimum Gasteiger partial charge on any atom is -0.507 e. The number of hydrogen-bond donors (Lipinski definition) is 2. The molecule has 0 heterocycles. The first kappa shape index (κ1) is 30.3. The van der Waals surface area contributed by atoms with E-state index in [0.29, 0.717) is 12.2 Å². The van der Waals surface area contributed by atoms with Gasteiger partial charge in [0.1, 0.15) is 5.75 Å². The molecule has 2 rings (SSSR count). The third-order valence-electron chi connectivity index (χ3n) is 5.24. The zero-order chi connectivity index (χ0) is 25.2. The molecule has 0 spiro atoms. The van der Waals surface area contributed by atoms with Gasteiger partial charge in [-0.2, -0.15) is 0 Å². The molecule has 0 amide bonds. The van der Waals surface area contributed by atoms with Crippen LogP contribution in [-0.2, 0) is 22.0 Å². The van der Waals surface area contributed by atoms with Gasteiger partial charge in [0.05, 0.1) is 32.3 Å². The first-order valence-corrected chi connectivity index (χ1v) is 12.9. The van der Waals surface area contributed by atoms with Crippen LogP contribution < -0.4 is 0 Å². The number of alkyl halides is 6. The molecule has 0 aliphatic heterocycles. The number of hydrogen-bond acceptors (Lipinski definition) is 2. The number of carbonyl (C=O) groups is 1. The van der Waals surface area contributed by atoms with Gasteiger partial charge in [0.25, 0.3) is 0 Å². The van der Waals surface area contributed by atoms with Gasteiger partial charge >= 0.3 is 5.97 Å². The van der Waals surface area contributed by atoms with Crippen LogP contribution in [0.1, 0.15) is 64.7 Å². The van der Waals surface area contributed by atoms with E-state index in [0.717, 1.165) is 16.7 Å². The van der Waals surface area contributed by atoms with Gasteiger partial charge in [0, 0.05) is 6.42 Å². The van der Waals surface area contributed by atoms with Gasteiger partial charge in [0.2, 0.25) is 0 Å². The SMILES string of the molecule is CC(C)(C)c1cc(CCC(=O)O)cc(C(C)(C)C)c1O.ClC1C(Cl)C(Cl)C(Cl)C(Cl)C1Cl. The Hall–Kier alpha value is 0.230. The third-order valence-corrected chi connectivity index (χ3v) is 9.27.